The third-order valence-corrected chi connectivity index (χ3v) is 7.11. The number of benzene rings is 2. The molecule has 1 saturated heterocycles. The molecule has 0 bridgehead atoms. The van der Waals surface area contributed by atoms with Crippen molar-refractivity contribution in [1.82, 2.24) is 14.8 Å². The van der Waals surface area contributed by atoms with Gasteiger partial charge in [-0.3, -0.25) is 4.99 Å². The van der Waals surface area contributed by atoms with E-state index in [1.54, 1.807) is 6.92 Å². The summed E-state index contributed by atoms with van der Waals surface area (Å²) in [7, 11) is 0. The molecule has 2 aromatic carbocycles. The first-order valence-corrected chi connectivity index (χ1v) is 13.5. The van der Waals surface area contributed by atoms with Gasteiger partial charge in [0.05, 0.1) is 41.1 Å². The first kappa shape index (κ1) is 33.6. The molecule has 44 heavy (non-hydrogen) atoms. The van der Waals surface area contributed by atoms with Gasteiger partial charge in [-0.1, -0.05) is 23.2 Å². The van der Waals surface area contributed by atoms with E-state index >= 15 is 0 Å². The van der Waals surface area contributed by atoms with Crippen molar-refractivity contribution in [2.24, 2.45) is 10.7 Å². The summed E-state index contributed by atoms with van der Waals surface area (Å²) in [6, 6.07) is 3.81. The molecule has 0 amide bonds. The quantitative estimate of drug-likeness (QED) is 0.204. The number of hydrogen-bond acceptors (Lipinski definition) is 7. The fourth-order valence-corrected chi connectivity index (χ4v) is 4.65. The van der Waals surface area contributed by atoms with Gasteiger partial charge in [0.2, 0.25) is 0 Å². The second-order valence-electron chi connectivity index (χ2n) is 9.72. The van der Waals surface area contributed by atoms with Gasteiger partial charge in [-0.2, -0.15) is 31.4 Å². The second kappa shape index (κ2) is 13.0. The fourth-order valence-electron chi connectivity index (χ4n) is 4.32. The first-order chi connectivity index (χ1) is 20.5. The van der Waals surface area contributed by atoms with E-state index < -0.39 is 76.5 Å². The number of aliphatic hydroxyl groups is 1. The SMILES string of the molecule is Cc1nc(C(OC2CO[C@@H]2C)[C@@H](O)CN=C/C(=C\N)c2cc(F)c(Cl)cc2C(F)(F)F)n(-c2cc(Cl)ccc2C(F)(F)F)n1. The zero-order valence-corrected chi connectivity index (χ0v) is 24.3. The Balaban J connectivity index is 1.71. The summed E-state index contributed by atoms with van der Waals surface area (Å²) in [4.78, 5) is 8.19. The predicted octanol–water partition coefficient (Wildman–Crippen LogP) is 6.34. The number of aryl methyl sites for hydroxylation is 1. The maximum atomic E-state index is 14.1. The Morgan fingerprint density at radius 3 is 2.43 bits per heavy atom. The summed E-state index contributed by atoms with van der Waals surface area (Å²) < 4.78 is 109. The van der Waals surface area contributed by atoms with Crippen LogP contribution < -0.4 is 5.73 Å². The van der Waals surface area contributed by atoms with Crippen LogP contribution in [0.1, 0.15) is 41.4 Å². The number of allylic oxidation sites excluding steroid dienone is 1. The van der Waals surface area contributed by atoms with Gasteiger partial charge in [-0.25, -0.2) is 14.1 Å². The molecule has 0 saturated carbocycles. The summed E-state index contributed by atoms with van der Waals surface area (Å²) in [5.41, 5.74) is 1.65. The standard InChI is InChI=1S/C27H24Cl2F7N5O3/c1-12-23(11-43-12)44-24(25-39-13(2)40-41(25)21-5-15(28)3-4-17(21)26(31,32)33)22(42)10-38-9-14(8-37)16-6-20(30)19(29)7-18(16)27(34,35)36/h3-9,12,22-24,42H,10-11,37H2,1-2H3/b14-8+,38-9?/t12-,22+,23?,24?/m1/s1. The molecule has 2 heterocycles. The number of ether oxygens (including phenoxy) is 2. The van der Waals surface area contributed by atoms with Gasteiger partial charge in [-0.15, -0.1) is 0 Å². The average molecular weight is 670 g/mol. The topological polar surface area (TPSA) is 108 Å². The van der Waals surface area contributed by atoms with Crippen LogP contribution in [-0.4, -0.2) is 57.5 Å². The molecule has 0 spiro atoms. The highest BCUT2D eigenvalue weighted by molar-refractivity contribution is 6.31. The number of rotatable bonds is 9. The number of halogens is 9. The zero-order valence-electron chi connectivity index (χ0n) is 22.8. The van der Waals surface area contributed by atoms with E-state index in [4.69, 9.17) is 38.4 Å². The molecule has 1 fully saturated rings. The van der Waals surface area contributed by atoms with E-state index in [0.29, 0.717) is 12.1 Å². The number of aliphatic hydroxyl groups excluding tert-OH is 1. The van der Waals surface area contributed by atoms with Crippen molar-refractivity contribution in [3.63, 3.8) is 0 Å². The van der Waals surface area contributed by atoms with E-state index in [9.17, 15) is 35.8 Å². The van der Waals surface area contributed by atoms with Crippen molar-refractivity contribution in [1.29, 1.82) is 0 Å². The highest BCUT2D eigenvalue weighted by atomic mass is 35.5. The molecule has 0 radical (unpaired) electrons. The fraction of sp³-hybridized carbons (Fsp3) is 0.370. The van der Waals surface area contributed by atoms with Crippen molar-refractivity contribution in [2.75, 3.05) is 13.2 Å². The summed E-state index contributed by atoms with van der Waals surface area (Å²) in [5.74, 6) is -1.33. The lowest BCUT2D eigenvalue weighted by Crippen LogP contribution is -2.47. The van der Waals surface area contributed by atoms with Crippen molar-refractivity contribution in [3.8, 4) is 5.69 Å². The van der Waals surface area contributed by atoms with Crippen LogP contribution in [0.3, 0.4) is 0 Å². The number of nitrogens with zero attached hydrogens (tertiary/aromatic N) is 4. The lowest BCUT2D eigenvalue weighted by molar-refractivity contribution is -0.216. The van der Waals surface area contributed by atoms with Gasteiger partial charge < -0.3 is 20.3 Å². The van der Waals surface area contributed by atoms with Gasteiger partial charge in [0, 0.05) is 23.0 Å². The highest BCUT2D eigenvalue weighted by Gasteiger charge is 2.40. The lowest BCUT2D eigenvalue weighted by Gasteiger charge is -2.37. The molecule has 8 nitrogen and oxygen atoms in total. The third kappa shape index (κ3) is 7.34. The normalized spacial score (nSPS) is 19.3. The molecular weight excluding hydrogens is 646 g/mol. The Labute approximate surface area is 255 Å². The summed E-state index contributed by atoms with van der Waals surface area (Å²) in [5, 5.41) is 14.5. The molecule has 1 aliphatic rings. The molecule has 4 rings (SSSR count). The molecule has 1 aromatic heterocycles. The number of hydrogen-bond donors (Lipinski definition) is 2. The largest absolute Gasteiger partial charge is 0.418 e. The predicted molar refractivity (Wildman–Crippen MR) is 147 cm³/mol. The monoisotopic (exact) mass is 669 g/mol. The van der Waals surface area contributed by atoms with Gasteiger partial charge in [0.15, 0.2) is 5.82 Å². The third-order valence-electron chi connectivity index (χ3n) is 6.58. The van der Waals surface area contributed by atoms with Crippen LogP contribution in [0, 0.1) is 12.7 Å². The molecule has 2 unspecified atom stereocenters. The average Bonchev–Trinajstić information content (AvgIpc) is 3.31. The highest BCUT2D eigenvalue weighted by Crippen LogP contribution is 2.39. The molecule has 3 aromatic rings. The first-order valence-electron chi connectivity index (χ1n) is 12.7. The maximum Gasteiger partial charge on any atom is 0.418 e. The molecule has 3 N–H and O–H groups in total. The van der Waals surface area contributed by atoms with E-state index in [-0.39, 0.29) is 28.9 Å². The summed E-state index contributed by atoms with van der Waals surface area (Å²) in [6.45, 7) is 2.63. The van der Waals surface area contributed by atoms with Crippen molar-refractivity contribution < 1.29 is 45.3 Å². The Morgan fingerprint density at radius 1 is 1.18 bits per heavy atom. The van der Waals surface area contributed by atoms with Crippen LogP contribution in [0.15, 0.2) is 41.5 Å². The van der Waals surface area contributed by atoms with Gasteiger partial charge >= 0.3 is 12.4 Å². The van der Waals surface area contributed by atoms with Crippen molar-refractivity contribution >= 4 is 35.0 Å². The van der Waals surface area contributed by atoms with Crippen molar-refractivity contribution in [3.05, 3.63) is 80.7 Å². The smallest absolute Gasteiger partial charge is 0.404 e. The zero-order chi connectivity index (χ0) is 32.6. The summed E-state index contributed by atoms with van der Waals surface area (Å²) in [6.07, 6.45) is -12.2. The lowest BCUT2D eigenvalue weighted by atomic mass is 10.00. The maximum absolute atomic E-state index is 14.1. The number of aromatic nitrogens is 3. The number of nitrogens with two attached hydrogens (primary N) is 1. The number of alkyl halides is 6. The molecule has 238 valence electrons. The summed E-state index contributed by atoms with van der Waals surface area (Å²) >= 11 is 11.6. The molecule has 1 aliphatic heterocycles. The number of aliphatic imine (C=N–C) groups is 1. The molecule has 0 aliphatic carbocycles. The van der Waals surface area contributed by atoms with Crippen LogP contribution >= 0.6 is 23.2 Å². The van der Waals surface area contributed by atoms with Gasteiger partial charge in [0.25, 0.3) is 0 Å². The van der Waals surface area contributed by atoms with E-state index in [2.05, 4.69) is 15.1 Å². The van der Waals surface area contributed by atoms with Gasteiger partial charge in [-0.05, 0) is 49.7 Å². The Hall–Kier alpha value is -3.24. The van der Waals surface area contributed by atoms with E-state index in [1.165, 1.54) is 6.92 Å². The second-order valence-corrected chi connectivity index (χ2v) is 10.6. The molecular formula is C27H24Cl2F7N5O3. The molecule has 4 atom stereocenters. The van der Waals surface area contributed by atoms with Crippen LogP contribution in [0.4, 0.5) is 30.7 Å². The van der Waals surface area contributed by atoms with Crippen LogP contribution in [0.2, 0.25) is 10.0 Å². The van der Waals surface area contributed by atoms with E-state index in [1.807, 2.05) is 0 Å². The Bertz CT molecular complexity index is 1580. The van der Waals surface area contributed by atoms with Crippen LogP contribution in [0.5, 0.6) is 0 Å². The Morgan fingerprint density at radius 2 is 1.86 bits per heavy atom. The molecule has 17 heteroatoms. The Kier molecular flexibility index (Phi) is 9.95. The van der Waals surface area contributed by atoms with Gasteiger partial charge in [0.1, 0.15) is 30.0 Å². The van der Waals surface area contributed by atoms with Crippen molar-refractivity contribution in [2.45, 2.75) is 50.6 Å². The van der Waals surface area contributed by atoms with Crippen LogP contribution in [-0.2, 0) is 21.8 Å². The minimum atomic E-state index is -4.92. The van der Waals surface area contributed by atoms with E-state index in [0.717, 1.165) is 35.3 Å². The minimum absolute atomic E-state index is 0.0336. The van der Waals surface area contributed by atoms with Crippen LogP contribution in [0.25, 0.3) is 11.3 Å². The minimum Gasteiger partial charge on any atom is -0.404 e.